The summed E-state index contributed by atoms with van der Waals surface area (Å²) in [6, 6.07) is 36.8. The first-order valence-corrected chi connectivity index (χ1v) is 13.8. The van der Waals surface area contributed by atoms with E-state index in [1.54, 1.807) is 12.1 Å². The van der Waals surface area contributed by atoms with Gasteiger partial charge in [0, 0.05) is 39.8 Å². The molecule has 0 bridgehead atoms. The van der Waals surface area contributed by atoms with Crippen LogP contribution in [0.25, 0.3) is 65.6 Å². The predicted octanol–water partition coefficient (Wildman–Crippen LogP) is 8.12. The molecule has 3 nitrogen and oxygen atoms in total. The van der Waals surface area contributed by atoms with Gasteiger partial charge in [0.05, 0.1) is 15.3 Å². The van der Waals surface area contributed by atoms with Crippen molar-refractivity contribution in [2.24, 2.45) is 7.05 Å². The SMILES string of the molecule is Cn1c2cc(-c3ccc4c(c3)S(=O)(=O)c3ccccc3-4)ccc2c2c3ccccc3c3ccccc3c21. The third kappa shape index (κ3) is 2.63. The van der Waals surface area contributed by atoms with E-state index in [0.717, 1.165) is 27.8 Å². The van der Waals surface area contributed by atoms with Gasteiger partial charge in [-0.15, -0.1) is 0 Å². The summed E-state index contributed by atoms with van der Waals surface area (Å²) in [4.78, 5) is 0.783. The van der Waals surface area contributed by atoms with Crippen LogP contribution >= 0.6 is 0 Å². The quantitative estimate of drug-likeness (QED) is 0.216. The summed E-state index contributed by atoms with van der Waals surface area (Å²) in [7, 11) is -1.40. The molecule has 0 aliphatic carbocycles. The molecule has 0 N–H and O–H groups in total. The van der Waals surface area contributed by atoms with Crippen LogP contribution in [0.2, 0.25) is 0 Å². The Morgan fingerprint density at radius 2 is 1.14 bits per heavy atom. The van der Waals surface area contributed by atoms with Crippen molar-refractivity contribution in [3.8, 4) is 22.3 Å². The number of rotatable bonds is 1. The average molecular weight is 496 g/mol. The lowest BCUT2D eigenvalue weighted by molar-refractivity contribution is 0.598. The summed E-state index contributed by atoms with van der Waals surface area (Å²) >= 11 is 0. The molecule has 0 saturated heterocycles. The van der Waals surface area contributed by atoms with Gasteiger partial charge in [-0.2, -0.15) is 0 Å². The second kappa shape index (κ2) is 7.09. The van der Waals surface area contributed by atoms with E-state index in [0.29, 0.717) is 9.79 Å². The van der Waals surface area contributed by atoms with E-state index in [-0.39, 0.29) is 0 Å². The van der Waals surface area contributed by atoms with Gasteiger partial charge in [-0.1, -0.05) is 91.0 Å². The molecular weight excluding hydrogens is 474 g/mol. The normalized spacial score (nSPS) is 14.0. The molecular formula is C33H21NO2S. The van der Waals surface area contributed by atoms with Gasteiger partial charge in [0.15, 0.2) is 0 Å². The maximum atomic E-state index is 13.3. The monoisotopic (exact) mass is 495 g/mol. The highest BCUT2D eigenvalue weighted by Gasteiger charge is 2.32. The van der Waals surface area contributed by atoms with Gasteiger partial charge in [-0.05, 0) is 45.5 Å². The molecule has 0 fully saturated rings. The van der Waals surface area contributed by atoms with Crippen molar-refractivity contribution in [2.45, 2.75) is 9.79 Å². The molecule has 6 aromatic carbocycles. The Balaban J connectivity index is 1.41. The Morgan fingerprint density at radius 1 is 0.541 bits per heavy atom. The first-order valence-electron chi connectivity index (χ1n) is 12.3. The number of aryl methyl sites for hydroxylation is 1. The summed E-state index contributed by atoms with van der Waals surface area (Å²) in [5.41, 5.74) is 5.81. The molecule has 0 amide bonds. The fraction of sp³-hybridized carbons (Fsp3) is 0.0303. The highest BCUT2D eigenvalue weighted by molar-refractivity contribution is 7.92. The van der Waals surface area contributed by atoms with Crippen LogP contribution in [-0.4, -0.2) is 13.0 Å². The number of hydrogen-bond acceptors (Lipinski definition) is 2. The Labute approximate surface area is 214 Å². The molecule has 0 atom stereocenters. The maximum Gasteiger partial charge on any atom is 0.207 e. The van der Waals surface area contributed by atoms with Crippen LogP contribution in [0.4, 0.5) is 0 Å². The first-order chi connectivity index (χ1) is 18.0. The molecule has 0 spiro atoms. The topological polar surface area (TPSA) is 39.1 Å². The maximum absolute atomic E-state index is 13.3. The van der Waals surface area contributed by atoms with E-state index < -0.39 is 9.84 Å². The van der Waals surface area contributed by atoms with Gasteiger partial charge >= 0.3 is 0 Å². The van der Waals surface area contributed by atoms with Crippen LogP contribution in [0.3, 0.4) is 0 Å². The van der Waals surface area contributed by atoms with E-state index in [9.17, 15) is 8.42 Å². The van der Waals surface area contributed by atoms with E-state index in [2.05, 4.69) is 78.3 Å². The van der Waals surface area contributed by atoms with Crippen LogP contribution in [0, 0.1) is 0 Å². The third-order valence-corrected chi connectivity index (χ3v) is 9.79. The van der Waals surface area contributed by atoms with E-state index in [1.807, 2.05) is 30.3 Å². The second-order valence-electron chi connectivity index (χ2n) is 9.82. The Hall–Kier alpha value is -4.41. The summed E-state index contributed by atoms with van der Waals surface area (Å²) in [6.07, 6.45) is 0. The summed E-state index contributed by atoms with van der Waals surface area (Å²) in [6.45, 7) is 0. The van der Waals surface area contributed by atoms with Crippen LogP contribution in [0.1, 0.15) is 0 Å². The molecule has 4 heteroatoms. The number of fused-ring (bicyclic) bond motifs is 11. The fourth-order valence-corrected chi connectivity index (χ4v) is 7.96. The highest BCUT2D eigenvalue weighted by Crippen LogP contribution is 2.45. The van der Waals surface area contributed by atoms with Crippen molar-refractivity contribution in [3.63, 3.8) is 0 Å². The zero-order valence-corrected chi connectivity index (χ0v) is 20.9. The summed E-state index contributed by atoms with van der Waals surface area (Å²) in [5.74, 6) is 0. The van der Waals surface area contributed by atoms with Gasteiger partial charge in [0.2, 0.25) is 9.84 Å². The van der Waals surface area contributed by atoms with Crippen molar-refractivity contribution < 1.29 is 8.42 Å². The third-order valence-electron chi connectivity index (χ3n) is 7.94. The van der Waals surface area contributed by atoms with Gasteiger partial charge in [-0.3, -0.25) is 0 Å². The number of hydrogen-bond donors (Lipinski definition) is 0. The van der Waals surface area contributed by atoms with Crippen LogP contribution in [-0.2, 0) is 16.9 Å². The molecule has 0 saturated carbocycles. The summed E-state index contributed by atoms with van der Waals surface area (Å²) in [5, 5.41) is 7.44. The zero-order valence-electron chi connectivity index (χ0n) is 20.1. The molecule has 2 heterocycles. The number of aromatic nitrogens is 1. The van der Waals surface area contributed by atoms with E-state index >= 15 is 0 Å². The average Bonchev–Trinajstić information content (AvgIpc) is 3.37. The van der Waals surface area contributed by atoms with Crippen molar-refractivity contribution in [2.75, 3.05) is 0 Å². The molecule has 37 heavy (non-hydrogen) atoms. The Bertz CT molecular complexity index is 2220. The van der Waals surface area contributed by atoms with Crippen molar-refractivity contribution in [3.05, 3.63) is 109 Å². The minimum Gasteiger partial charge on any atom is -0.343 e. The van der Waals surface area contributed by atoms with E-state index in [1.165, 1.54) is 37.8 Å². The number of sulfone groups is 1. The van der Waals surface area contributed by atoms with Gasteiger partial charge < -0.3 is 4.57 Å². The Kier molecular flexibility index (Phi) is 3.97. The lowest BCUT2D eigenvalue weighted by atomic mass is 9.96. The molecule has 1 aliphatic heterocycles. The zero-order chi connectivity index (χ0) is 24.9. The largest absolute Gasteiger partial charge is 0.343 e. The van der Waals surface area contributed by atoms with Gasteiger partial charge in [0.1, 0.15) is 0 Å². The number of nitrogens with zero attached hydrogens (tertiary/aromatic N) is 1. The second-order valence-corrected chi connectivity index (χ2v) is 11.7. The van der Waals surface area contributed by atoms with Gasteiger partial charge in [-0.25, -0.2) is 8.42 Å². The summed E-state index contributed by atoms with van der Waals surface area (Å²) < 4.78 is 28.9. The van der Waals surface area contributed by atoms with Crippen LogP contribution in [0.5, 0.6) is 0 Å². The standard InChI is InChI=1S/C33H21NO2S/c1-34-29-18-20(21-14-16-25-24-10-6-7-13-30(24)37(35,36)31(25)19-21)15-17-28(29)32-26-11-4-2-8-22(26)23-9-3-5-12-27(23)33(32)34/h2-19H,1H3. The predicted molar refractivity (Wildman–Crippen MR) is 152 cm³/mol. The van der Waals surface area contributed by atoms with Crippen LogP contribution in [0.15, 0.2) is 119 Å². The van der Waals surface area contributed by atoms with Crippen molar-refractivity contribution in [1.82, 2.24) is 4.57 Å². The minimum atomic E-state index is -3.52. The molecule has 0 radical (unpaired) electrons. The Morgan fingerprint density at radius 3 is 1.95 bits per heavy atom. The fourth-order valence-electron chi connectivity index (χ4n) is 6.25. The molecule has 0 unspecified atom stereocenters. The minimum absolute atomic E-state index is 0.389. The number of benzene rings is 6. The van der Waals surface area contributed by atoms with Crippen molar-refractivity contribution >= 4 is 53.2 Å². The molecule has 7 aromatic rings. The van der Waals surface area contributed by atoms with Crippen molar-refractivity contribution in [1.29, 1.82) is 0 Å². The highest BCUT2D eigenvalue weighted by atomic mass is 32.2. The smallest absolute Gasteiger partial charge is 0.207 e. The molecule has 176 valence electrons. The van der Waals surface area contributed by atoms with Gasteiger partial charge in [0.25, 0.3) is 0 Å². The molecule has 1 aromatic heterocycles. The van der Waals surface area contributed by atoms with Crippen LogP contribution < -0.4 is 0 Å². The first kappa shape index (κ1) is 20.7. The van der Waals surface area contributed by atoms with E-state index in [4.69, 9.17) is 0 Å². The molecule has 8 rings (SSSR count). The lowest BCUT2D eigenvalue weighted by Crippen LogP contribution is -1.96. The lowest BCUT2D eigenvalue weighted by Gasteiger charge is -2.08. The molecule has 1 aliphatic rings.